The Kier molecular flexibility index (Phi) is 22.3. The van der Waals surface area contributed by atoms with E-state index in [2.05, 4.69) is 34.3 Å². The van der Waals surface area contributed by atoms with Gasteiger partial charge in [0.2, 0.25) is 0 Å². The highest BCUT2D eigenvalue weighted by molar-refractivity contribution is 7.85. The molecular weight excluding hydrogens is 562 g/mol. The molecule has 0 amide bonds. The van der Waals surface area contributed by atoms with Crippen molar-refractivity contribution in [1.29, 1.82) is 0 Å². The second-order valence-corrected chi connectivity index (χ2v) is 9.46. The fourth-order valence-corrected chi connectivity index (χ4v) is 3.04. The lowest BCUT2D eigenvalue weighted by Gasteiger charge is -2.11. The molecule has 43 heavy (non-hydrogen) atoms. The highest BCUT2D eigenvalue weighted by atomic mass is 32.2. The first-order chi connectivity index (χ1) is 20.5. The zero-order valence-corrected chi connectivity index (χ0v) is 28.0. The Morgan fingerprint density at radius 1 is 0.721 bits per heavy atom. The number of anilines is 1. The fraction of sp³-hybridized carbons (Fsp3) is 0.333. The zero-order chi connectivity index (χ0) is 33.4. The molecule has 4 N–H and O–H groups in total. The van der Waals surface area contributed by atoms with Gasteiger partial charge < -0.3 is 10.8 Å². The van der Waals surface area contributed by atoms with E-state index >= 15 is 0 Å². The van der Waals surface area contributed by atoms with Gasteiger partial charge in [-0.25, -0.2) is 0 Å². The number of rotatable bonds is 4. The SMILES string of the molecule is CC.CC.CC.CCC.CS(=O)(=O)O.Cc1cc2ccc(N=Nc3ccccc3)c(N)c2c(O)c1N=Nc1ccccc1. The van der Waals surface area contributed by atoms with Crippen molar-refractivity contribution in [3.8, 4) is 5.75 Å². The molecule has 0 aliphatic carbocycles. The van der Waals surface area contributed by atoms with Crippen molar-refractivity contribution < 1.29 is 18.1 Å². The van der Waals surface area contributed by atoms with Gasteiger partial charge >= 0.3 is 0 Å². The largest absolute Gasteiger partial charge is 0.505 e. The molecule has 0 aromatic heterocycles. The highest BCUT2D eigenvalue weighted by Gasteiger charge is 2.15. The Balaban J connectivity index is 0. The normalized spacial score (nSPS) is 10.0. The fourth-order valence-electron chi connectivity index (χ4n) is 3.04. The van der Waals surface area contributed by atoms with Gasteiger partial charge in [0.15, 0.2) is 5.75 Å². The average Bonchev–Trinajstić information content (AvgIpc) is 3.00. The molecule has 0 bridgehead atoms. The molecule has 4 rings (SSSR count). The van der Waals surface area contributed by atoms with Crippen molar-refractivity contribution in [2.45, 2.75) is 68.7 Å². The van der Waals surface area contributed by atoms with Gasteiger partial charge in [-0.05, 0) is 54.3 Å². The first-order valence-corrected chi connectivity index (χ1v) is 16.3. The van der Waals surface area contributed by atoms with Crippen molar-refractivity contribution >= 4 is 49.3 Å². The number of aryl methyl sites for hydroxylation is 1. The summed E-state index contributed by atoms with van der Waals surface area (Å²) in [4.78, 5) is 0. The second-order valence-electron chi connectivity index (χ2n) is 8.00. The number of aromatic hydroxyl groups is 1. The lowest BCUT2D eigenvalue weighted by molar-refractivity contribution is 0.482. The predicted octanol–water partition coefficient (Wildman–Crippen LogP) is 11.3. The first-order valence-electron chi connectivity index (χ1n) is 14.5. The zero-order valence-electron chi connectivity index (χ0n) is 27.2. The van der Waals surface area contributed by atoms with Gasteiger partial charge in [-0.3, -0.25) is 4.55 Å². The van der Waals surface area contributed by atoms with Crippen LogP contribution in [-0.2, 0) is 10.1 Å². The molecule has 4 aromatic carbocycles. The van der Waals surface area contributed by atoms with Gasteiger partial charge in [0.25, 0.3) is 10.1 Å². The highest BCUT2D eigenvalue weighted by Crippen LogP contribution is 2.44. The Bertz CT molecular complexity index is 1470. The molecule has 0 atom stereocenters. The van der Waals surface area contributed by atoms with Crippen molar-refractivity contribution in [3.05, 3.63) is 84.4 Å². The van der Waals surface area contributed by atoms with Crippen LogP contribution in [0.4, 0.5) is 28.4 Å². The van der Waals surface area contributed by atoms with E-state index in [9.17, 15) is 13.5 Å². The molecule has 0 saturated heterocycles. The van der Waals surface area contributed by atoms with Crippen molar-refractivity contribution in [2.75, 3.05) is 12.0 Å². The molecule has 0 spiro atoms. The number of fused-ring (bicyclic) bond motifs is 1. The summed E-state index contributed by atoms with van der Waals surface area (Å²) >= 11 is 0. The van der Waals surface area contributed by atoms with Crippen LogP contribution in [-0.4, -0.2) is 24.3 Å². The molecule has 0 radical (unpaired) electrons. The van der Waals surface area contributed by atoms with Crippen LogP contribution in [0.25, 0.3) is 10.8 Å². The molecule has 236 valence electrons. The van der Waals surface area contributed by atoms with Crippen LogP contribution >= 0.6 is 0 Å². The number of azo groups is 2. The minimum Gasteiger partial charge on any atom is -0.505 e. The molecule has 0 heterocycles. The Morgan fingerprint density at radius 2 is 1.12 bits per heavy atom. The number of nitrogens with two attached hydrogens (primary N) is 1. The molecule has 0 saturated carbocycles. The second kappa shape index (κ2) is 23.4. The van der Waals surface area contributed by atoms with E-state index < -0.39 is 10.1 Å². The molecular formula is C33H49N5O4S. The molecule has 0 aliphatic rings. The van der Waals surface area contributed by atoms with Crippen LogP contribution in [0.2, 0.25) is 0 Å². The number of hydrogen-bond donors (Lipinski definition) is 3. The average molecular weight is 612 g/mol. The monoisotopic (exact) mass is 611 g/mol. The first kappa shape index (κ1) is 41.0. The van der Waals surface area contributed by atoms with Crippen molar-refractivity contribution in [2.24, 2.45) is 20.5 Å². The van der Waals surface area contributed by atoms with Gasteiger partial charge in [-0.1, -0.05) is 104 Å². The van der Waals surface area contributed by atoms with Gasteiger partial charge in [-0.15, -0.1) is 10.2 Å². The van der Waals surface area contributed by atoms with Crippen LogP contribution < -0.4 is 5.73 Å². The van der Waals surface area contributed by atoms with Gasteiger partial charge in [0.05, 0.1) is 28.7 Å². The summed E-state index contributed by atoms with van der Waals surface area (Å²) in [7, 11) is -3.67. The Labute approximate surface area is 258 Å². The maximum Gasteiger partial charge on any atom is 0.261 e. The summed E-state index contributed by atoms with van der Waals surface area (Å²) in [6.45, 7) is 18.1. The summed E-state index contributed by atoms with van der Waals surface area (Å²) in [6, 6.07) is 24.3. The summed E-state index contributed by atoms with van der Waals surface area (Å²) in [5.74, 6) is -0.0195. The van der Waals surface area contributed by atoms with E-state index in [0.29, 0.717) is 34.4 Å². The number of benzene rings is 4. The van der Waals surface area contributed by atoms with Crippen LogP contribution in [0, 0.1) is 6.92 Å². The summed E-state index contributed by atoms with van der Waals surface area (Å²) in [5.41, 5.74) is 9.74. The maximum atomic E-state index is 10.9. The van der Waals surface area contributed by atoms with Crippen LogP contribution in [0.15, 0.2) is 99.3 Å². The van der Waals surface area contributed by atoms with E-state index in [0.717, 1.165) is 16.6 Å². The third-order valence-corrected chi connectivity index (χ3v) is 4.51. The van der Waals surface area contributed by atoms with E-state index in [1.54, 1.807) is 6.07 Å². The molecule has 0 fully saturated rings. The van der Waals surface area contributed by atoms with Crippen LogP contribution in [0.3, 0.4) is 0 Å². The van der Waals surface area contributed by atoms with Crippen LogP contribution in [0.5, 0.6) is 5.75 Å². The maximum absolute atomic E-state index is 10.9. The minimum absolute atomic E-state index is 0.0195. The van der Waals surface area contributed by atoms with Gasteiger partial charge in [0, 0.05) is 0 Å². The van der Waals surface area contributed by atoms with Gasteiger partial charge in [-0.2, -0.15) is 18.6 Å². The molecule has 0 aliphatic heterocycles. The molecule has 4 aromatic rings. The van der Waals surface area contributed by atoms with E-state index in [-0.39, 0.29) is 5.75 Å². The van der Waals surface area contributed by atoms with Crippen molar-refractivity contribution in [3.63, 3.8) is 0 Å². The molecule has 9 nitrogen and oxygen atoms in total. The lowest BCUT2D eigenvalue weighted by atomic mass is 10.0. The summed E-state index contributed by atoms with van der Waals surface area (Å²) < 4.78 is 25.9. The third kappa shape index (κ3) is 16.2. The minimum atomic E-state index is -3.67. The Morgan fingerprint density at radius 3 is 1.53 bits per heavy atom. The Hall–Kier alpha value is -4.15. The summed E-state index contributed by atoms with van der Waals surface area (Å²) in [6.07, 6.45) is 1.97. The standard InChI is InChI=1S/C23H19N5O.C3H8.3C2H6.CH4O3S/c1-15-14-16-12-13-19(27-25-17-8-4-2-5-9-17)21(24)20(16)23(29)22(15)28-26-18-10-6-3-7-11-18;1-3-2;3*1-2;1-5(2,3)4/h2-14,29H,24H2,1H3;3H2,1-2H3;3*1-2H3;1H3,(H,2,3,4). The topological polar surface area (TPSA) is 150 Å². The van der Waals surface area contributed by atoms with E-state index in [4.69, 9.17) is 10.3 Å². The van der Waals surface area contributed by atoms with E-state index in [1.807, 2.05) is 121 Å². The van der Waals surface area contributed by atoms with Gasteiger partial charge in [0.1, 0.15) is 11.4 Å². The third-order valence-electron chi connectivity index (χ3n) is 4.51. The van der Waals surface area contributed by atoms with Crippen LogP contribution in [0.1, 0.15) is 67.4 Å². The molecule has 10 heteroatoms. The summed E-state index contributed by atoms with van der Waals surface area (Å²) in [5, 5.41) is 29.1. The quantitative estimate of drug-likeness (QED) is 0.119. The smallest absolute Gasteiger partial charge is 0.261 e. The number of hydrogen-bond acceptors (Lipinski definition) is 8. The molecule has 0 unspecified atom stereocenters. The number of nitrogen functional groups attached to an aromatic ring is 1. The number of phenolic OH excluding ortho intramolecular Hbond substituents is 1. The van der Waals surface area contributed by atoms with Crippen molar-refractivity contribution in [1.82, 2.24) is 0 Å². The number of phenols is 1. The lowest BCUT2D eigenvalue weighted by Crippen LogP contribution is -1.90. The number of nitrogens with zero attached hydrogens (tertiary/aromatic N) is 4. The predicted molar refractivity (Wildman–Crippen MR) is 183 cm³/mol. The van der Waals surface area contributed by atoms with E-state index in [1.165, 1.54) is 6.42 Å².